The van der Waals surface area contributed by atoms with E-state index in [2.05, 4.69) is 4.98 Å². The lowest BCUT2D eigenvalue weighted by Crippen LogP contribution is -2.42. The van der Waals surface area contributed by atoms with E-state index in [1.54, 1.807) is 7.11 Å². The number of anilines is 2. The molecule has 3 N–H and O–H groups in total. The fraction of sp³-hybridized carbons (Fsp3) is 0.292. The molecule has 9 heteroatoms. The molecule has 1 heterocycles. The van der Waals surface area contributed by atoms with Crippen LogP contribution in [0, 0.1) is 0 Å². The van der Waals surface area contributed by atoms with E-state index in [-0.39, 0.29) is 43.5 Å². The maximum Gasteiger partial charge on any atom is 0.330 e. The summed E-state index contributed by atoms with van der Waals surface area (Å²) in [5.41, 5.74) is 6.66. The topological polar surface area (TPSA) is 120 Å². The number of carbonyl (C=O) groups is 1. The van der Waals surface area contributed by atoms with Crippen LogP contribution >= 0.6 is 0 Å². The maximum absolute atomic E-state index is 13.2. The summed E-state index contributed by atoms with van der Waals surface area (Å²) >= 11 is 0. The number of H-pyrrole nitrogens is 1. The first kappa shape index (κ1) is 23.8. The molecule has 0 spiro atoms. The van der Waals surface area contributed by atoms with Gasteiger partial charge in [-0.05, 0) is 29.7 Å². The normalized spacial score (nSPS) is 10.7. The van der Waals surface area contributed by atoms with Crippen LogP contribution in [-0.2, 0) is 22.5 Å². The van der Waals surface area contributed by atoms with Crippen molar-refractivity contribution >= 4 is 17.4 Å². The summed E-state index contributed by atoms with van der Waals surface area (Å²) in [7, 11) is 3.09. The average Bonchev–Trinajstić information content (AvgIpc) is 2.83. The molecule has 0 bridgehead atoms. The first-order valence-corrected chi connectivity index (χ1v) is 10.5. The number of amides is 1. The zero-order chi connectivity index (χ0) is 23.8. The molecular weight excluding hydrogens is 424 g/mol. The van der Waals surface area contributed by atoms with E-state index in [1.807, 2.05) is 54.6 Å². The van der Waals surface area contributed by atoms with Gasteiger partial charge in [-0.3, -0.25) is 19.1 Å². The molecule has 0 atom stereocenters. The predicted octanol–water partition coefficient (Wildman–Crippen LogP) is 1.79. The van der Waals surface area contributed by atoms with Crippen molar-refractivity contribution in [2.24, 2.45) is 0 Å². The minimum atomic E-state index is -0.712. The van der Waals surface area contributed by atoms with Gasteiger partial charge in [0.1, 0.15) is 11.6 Å². The van der Waals surface area contributed by atoms with Crippen LogP contribution in [0.4, 0.5) is 11.5 Å². The van der Waals surface area contributed by atoms with Gasteiger partial charge in [0.2, 0.25) is 5.91 Å². The number of rotatable bonds is 10. The Hall–Kier alpha value is -3.85. The molecule has 1 aromatic heterocycles. The van der Waals surface area contributed by atoms with Crippen LogP contribution in [0.15, 0.2) is 64.2 Å². The third kappa shape index (κ3) is 5.89. The summed E-state index contributed by atoms with van der Waals surface area (Å²) < 4.78 is 11.5. The van der Waals surface area contributed by atoms with Crippen molar-refractivity contribution < 1.29 is 14.3 Å². The van der Waals surface area contributed by atoms with E-state index in [0.717, 1.165) is 16.9 Å². The minimum absolute atomic E-state index is 0.0534. The number of aromatic nitrogens is 2. The van der Waals surface area contributed by atoms with Gasteiger partial charge >= 0.3 is 5.69 Å². The van der Waals surface area contributed by atoms with Gasteiger partial charge in [0.15, 0.2) is 5.69 Å². The summed E-state index contributed by atoms with van der Waals surface area (Å²) in [5, 5.41) is 0. The number of nitrogens with two attached hydrogens (primary N) is 1. The van der Waals surface area contributed by atoms with E-state index in [1.165, 1.54) is 16.6 Å². The van der Waals surface area contributed by atoms with Crippen molar-refractivity contribution in [3.63, 3.8) is 0 Å². The molecule has 0 aliphatic carbocycles. The molecule has 0 saturated carbocycles. The zero-order valence-corrected chi connectivity index (χ0v) is 18.7. The van der Waals surface area contributed by atoms with Gasteiger partial charge in [-0.1, -0.05) is 42.5 Å². The van der Waals surface area contributed by atoms with Gasteiger partial charge < -0.3 is 20.1 Å². The highest BCUT2D eigenvalue weighted by atomic mass is 16.5. The number of aromatic amines is 1. The van der Waals surface area contributed by atoms with Gasteiger partial charge in [0.05, 0.1) is 20.3 Å². The van der Waals surface area contributed by atoms with E-state index in [4.69, 9.17) is 15.2 Å². The molecule has 0 saturated heterocycles. The summed E-state index contributed by atoms with van der Waals surface area (Å²) in [6.07, 6.45) is 0.612. The smallest absolute Gasteiger partial charge is 0.330 e. The number of nitrogens with zero attached hydrogens (tertiary/aromatic N) is 2. The summed E-state index contributed by atoms with van der Waals surface area (Å²) in [6.45, 7) is 0.479. The third-order valence-corrected chi connectivity index (χ3v) is 5.27. The molecule has 1 amide bonds. The number of hydrogen-bond acceptors (Lipinski definition) is 6. The van der Waals surface area contributed by atoms with Crippen molar-refractivity contribution in [3.8, 4) is 5.75 Å². The van der Waals surface area contributed by atoms with Crippen molar-refractivity contribution in [2.75, 3.05) is 38.0 Å². The standard InChI is InChI=1S/C24H28N4O5/c1-32-15-14-27(20(29)13-10-17-8-11-19(33-2)12-9-17)21-22(25)28(24(31)26-23(21)30)16-18-6-4-3-5-7-18/h3-9,11-12H,10,13-16,25H2,1-2H3,(H,26,30,31). The van der Waals surface area contributed by atoms with E-state index < -0.39 is 11.2 Å². The quantitative estimate of drug-likeness (QED) is 0.484. The highest BCUT2D eigenvalue weighted by Gasteiger charge is 2.24. The Kier molecular flexibility index (Phi) is 8.04. The monoisotopic (exact) mass is 452 g/mol. The second-order valence-electron chi connectivity index (χ2n) is 7.45. The summed E-state index contributed by atoms with van der Waals surface area (Å²) in [4.78, 5) is 41.9. The van der Waals surface area contributed by atoms with Crippen molar-refractivity contribution in [1.82, 2.24) is 9.55 Å². The molecule has 3 rings (SSSR count). The number of ether oxygens (including phenoxy) is 2. The van der Waals surface area contributed by atoms with E-state index in [9.17, 15) is 14.4 Å². The lowest BCUT2D eigenvalue weighted by molar-refractivity contribution is -0.118. The second kappa shape index (κ2) is 11.1. The van der Waals surface area contributed by atoms with Crippen LogP contribution in [0.2, 0.25) is 0 Å². The van der Waals surface area contributed by atoms with Gasteiger partial charge in [-0.25, -0.2) is 4.79 Å². The lowest BCUT2D eigenvalue weighted by atomic mass is 10.1. The Morgan fingerprint density at radius 2 is 1.73 bits per heavy atom. The second-order valence-corrected chi connectivity index (χ2v) is 7.45. The van der Waals surface area contributed by atoms with Crippen LogP contribution in [0.25, 0.3) is 0 Å². The zero-order valence-electron chi connectivity index (χ0n) is 18.7. The average molecular weight is 453 g/mol. The molecule has 0 radical (unpaired) electrons. The van der Waals surface area contributed by atoms with Gasteiger partial charge in [-0.2, -0.15) is 0 Å². The molecule has 0 aliphatic rings. The first-order valence-electron chi connectivity index (χ1n) is 10.5. The van der Waals surface area contributed by atoms with Crippen LogP contribution in [0.1, 0.15) is 17.5 Å². The van der Waals surface area contributed by atoms with Crippen LogP contribution in [-0.4, -0.2) is 42.8 Å². The van der Waals surface area contributed by atoms with Gasteiger partial charge in [0.25, 0.3) is 5.56 Å². The number of methoxy groups -OCH3 is 2. The highest BCUT2D eigenvalue weighted by molar-refractivity contribution is 5.95. The van der Waals surface area contributed by atoms with Crippen molar-refractivity contribution in [1.29, 1.82) is 0 Å². The van der Waals surface area contributed by atoms with Crippen molar-refractivity contribution in [2.45, 2.75) is 19.4 Å². The molecular formula is C24H28N4O5. The maximum atomic E-state index is 13.2. The molecule has 3 aromatic rings. The number of nitrogen functional groups attached to an aromatic ring is 1. The molecule has 9 nitrogen and oxygen atoms in total. The first-order chi connectivity index (χ1) is 15.9. The van der Waals surface area contributed by atoms with Crippen LogP contribution < -0.4 is 26.6 Å². The summed E-state index contributed by atoms with van der Waals surface area (Å²) in [5.74, 6) is 0.359. The Labute approximate surface area is 191 Å². The number of aryl methyl sites for hydroxylation is 1. The molecule has 2 aromatic carbocycles. The molecule has 33 heavy (non-hydrogen) atoms. The number of hydrogen-bond donors (Lipinski definition) is 2. The fourth-order valence-corrected chi connectivity index (χ4v) is 3.48. The number of benzene rings is 2. The molecule has 174 valence electrons. The van der Waals surface area contributed by atoms with Crippen molar-refractivity contribution in [3.05, 3.63) is 86.6 Å². The Balaban J connectivity index is 1.90. The SMILES string of the molecule is COCCN(C(=O)CCc1ccc(OC)cc1)c1c(N)n(Cc2ccccc2)c(=O)[nH]c1=O. The minimum Gasteiger partial charge on any atom is -0.497 e. The van der Waals surface area contributed by atoms with Gasteiger partial charge in [0, 0.05) is 20.1 Å². The third-order valence-electron chi connectivity index (χ3n) is 5.27. The van der Waals surface area contributed by atoms with Crippen LogP contribution in [0.5, 0.6) is 5.75 Å². The Bertz CT molecular complexity index is 1190. The molecule has 0 aliphatic heterocycles. The summed E-state index contributed by atoms with van der Waals surface area (Å²) in [6, 6.07) is 16.7. The highest BCUT2D eigenvalue weighted by Crippen LogP contribution is 2.20. The lowest BCUT2D eigenvalue weighted by Gasteiger charge is -2.24. The van der Waals surface area contributed by atoms with Gasteiger partial charge in [-0.15, -0.1) is 0 Å². The van der Waals surface area contributed by atoms with Crippen LogP contribution in [0.3, 0.4) is 0 Å². The fourth-order valence-electron chi connectivity index (χ4n) is 3.48. The Morgan fingerprint density at radius 3 is 2.36 bits per heavy atom. The molecule has 0 unspecified atom stereocenters. The number of carbonyl (C=O) groups excluding carboxylic acids is 1. The largest absolute Gasteiger partial charge is 0.497 e. The van der Waals surface area contributed by atoms with E-state index in [0.29, 0.717) is 6.42 Å². The van der Waals surface area contributed by atoms with E-state index >= 15 is 0 Å². The predicted molar refractivity (Wildman–Crippen MR) is 127 cm³/mol. The molecule has 0 fully saturated rings. The Morgan fingerprint density at radius 1 is 1.03 bits per heavy atom. The number of nitrogens with one attached hydrogen (secondary N) is 1.